The first-order valence-electron chi connectivity index (χ1n) is 11.2. The Morgan fingerprint density at radius 2 is 1.44 bits per heavy atom. The molecular formula is C24H52N2S. The second-order valence-electron chi connectivity index (χ2n) is 10.9. The molecule has 0 N–H and O–H groups in total. The van der Waals surface area contributed by atoms with E-state index in [1.54, 1.807) is 0 Å². The largest absolute Gasteiger partial charge is 0.305 e. The summed E-state index contributed by atoms with van der Waals surface area (Å²) in [7, 11) is 4.59. The molecule has 0 saturated heterocycles. The molecule has 0 aromatic heterocycles. The van der Waals surface area contributed by atoms with E-state index in [0.29, 0.717) is 11.0 Å². The van der Waals surface area contributed by atoms with Crippen molar-refractivity contribution in [3.05, 3.63) is 0 Å². The summed E-state index contributed by atoms with van der Waals surface area (Å²) >= 11 is 1.95. The number of nitrogens with zero attached hydrogens (tertiary/aromatic N) is 2. The highest BCUT2D eigenvalue weighted by Crippen LogP contribution is 2.32. The maximum atomic E-state index is 2.58. The first-order valence-corrected chi connectivity index (χ1v) is 12.6. The van der Waals surface area contributed by atoms with Gasteiger partial charge in [-0.15, -0.1) is 0 Å². The molecule has 27 heavy (non-hydrogen) atoms. The van der Waals surface area contributed by atoms with Crippen LogP contribution in [0.25, 0.3) is 0 Å². The molecule has 0 amide bonds. The van der Waals surface area contributed by atoms with Crippen molar-refractivity contribution in [3.63, 3.8) is 0 Å². The lowest BCUT2D eigenvalue weighted by atomic mass is 9.76. The molecule has 0 fully saturated rings. The van der Waals surface area contributed by atoms with Crippen LogP contribution < -0.4 is 0 Å². The minimum absolute atomic E-state index is 0.310. The molecule has 164 valence electrons. The van der Waals surface area contributed by atoms with Gasteiger partial charge in [-0.25, -0.2) is 0 Å². The summed E-state index contributed by atoms with van der Waals surface area (Å²) in [6, 6.07) is 0. The van der Waals surface area contributed by atoms with E-state index in [-0.39, 0.29) is 0 Å². The van der Waals surface area contributed by atoms with Crippen LogP contribution in [0.4, 0.5) is 0 Å². The Morgan fingerprint density at radius 3 is 1.96 bits per heavy atom. The highest BCUT2D eigenvalue weighted by molar-refractivity contribution is 7.98. The van der Waals surface area contributed by atoms with Crippen LogP contribution in [0.3, 0.4) is 0 Å². The Kier molecular flexibility index (Phi) is 12.9. The zero-order valence-electron chi connectivity index (χ0n) is 20.7. The van der Waals surface area contributed by atoms with E-state index in [1.165, 1.54) is 51.1 Å². The van der Waals surface area contributed by atoms with Gasteiger partial charge in [0.15, 0.2) is 0 Å². The zero-order chi connectivity index (χ0) is 21.3. The van der Waals surface area contributed by atoms with Gasteiger partial charge in [-0.3, -0.25) is 0 Å². The van der Waals surface area contributed by atoms with Gasteiger partial charge >= 0.3 is 0 Å². The standard InChI is InChI=1S/C24H52N2S/c1-20(2)18-24(7,8)26(10)15-14-21(3)12-13-22(4)23(5,6)19-25(9)16-17-27-11/h20-22H,12-19H2,1-11H3. The normalized spacial score (nSPS) is 15.8. The van der Waals surface area contributed by atoms with Gasteiger partial charge in [-0.2, -0.15) is 11.8 Å². The van der Waals surface area contributed by atoms with E-state index >= 15 is 0 Å². The molecule has 0 aliphatic rings. The van der Waals surface area contributed by atoms with Crippen molar-refractivity contribution < 1.29 is 0 Å². The summed E-state index contributed by atoms with van der Waals surface area (Å²) in [4.78, 5) is 5.10. The molecule has 0 heterocycles. The number of thioether (sulfide) groups is 1. The lowest BCUT2D eigenvalue weighted by Gasteiger charge is -2.38. The van der Waals surface area contributed by atoms with Crippen LogP contribution in [0.1, 0.15) is 81.1 Å². The van der Waals surface area contributed by atoms with Crippen LogP contribution >= 0.6 is 11.8 Å². The van der Waals surface area contributed by atoms with Crippen molar-refractivity contribution in [2.24, 2.45) is 23.2 Å². The molecule has 0 spiro atoms. The number of hydrogen-bond donors (Lipinski definition) is 0. The molecule has 0 radical (unpaired) electrons. The van der Waals surface area contributed by atoms with E-state index < -0.39 is 0 Å². The summed E-state index contributed by atoms with van der Waals surface area (Å²) in [6.45, 7) is 22.9. The predicted octanol–water partition coefficient (Wildman–Crippen LogP) is 6.51. The topological polar surface area (TPSA) is 6.48 Å². The van der Waals surface area contributed by atoms with Gasteiger partial charge in [0.25, 0.3) is 0 Å². The smallest absolute Gasteiger partial charge is 0.0152 e. The Hall–Kier alpha value is 0.270. The van der Waals surface area contributed by atoms with Crippen LogP contribution in [-0.2, 0) is 0 Å². The lowest BCUT2D eigenvalue weighted by Crippen LogP contribution is -2.43. The van der Waals surface area contributed by atoms with E-state index in [1.807, 2.05) is 11.8 Å². The maximum Gasteiger partial charge on any atom is 0.0152 e. The van der Waals surface area contributed by atoms with Crippen LogP contribution in [0, 0.1) is 23.2 Å². The van der Waals surface area contributed by atoms with Gasteiger partial charge in [0.2, 0.25) is 0 Å². The van der Waals surface area contributed by atoms with E-state index in [2.05, 4.69) is 85.5 Å². The quantitative estimate of drug-likeness (QED) is 0.309. The van der Waals surface area contributed by atoms with Crippen molar-refractivity contribution >= 4 is 11.8 Å². The highest BCUT2D eigenvalue weighted by Gasteiger charge is 2.28. The summed E-state index contributed by atoms with van der Waals surface area (Å²) < 4.78 is 0. The minimum atomic E-state index is 0.310. The highest BCUT2D eigenvalue weighted by atomic mass is 32.2. The van der Waals surface area contributed by atoms with Crippen LogP contribution in [0.2, 0.25) is 0 Å². The summed E-state index contributed by atoms with van der Waals surface area (Å²) in [5, 5.41) is 0. The van der Waals surface area contributed by atoms with E-state index in [9.17, 15) is 0 Å². The van der Waals surface area contributed by atoms with Crippen LogP contribution in [0.15, 0.2) is 0 Å². The summed E-state index contributed by atoms with van der Waals surface area (Å²) in [5.41, 5.74) is 0.702. The predicted molar refractivity (Wildman–Crippen MR) is 128 cm³/mol. The fourth-order valence-corrected chi connectivity index (χ4v) is 4.61. The summed E-state index contributed by atoms with van der Waals surface area (Å²) in [5.74, 6) is 3.58. The third kappa shape index (κ3) is 11.8. The van der Waals surface area contributed by atoms with Gasteiger partial charge in [-0.05, 0) is 83.2 Å². The molecule has 2 atom stereocenters. The Morgan fingerprint density at radius 1 is 0.852 bits per heavy atom. The molecule has 0 aliphatic carbocycles. The summed E-state index contributed by atoms with van der Waals surface area (Å²) in [6.07, 6.45) is 7.50. The van der Waals surface area contributed by atoms with Crippen molar-refractivity contribution in [2.45, 2.75) is 86.6 Å². The molecule has 0 rings (SSSR count). The van der Waals surface area contributed by atoms with Crippen molar-refractivity contribution in [2.75, 3.05) is 45.7 Å². The molecule has 0 bridgehead atoms. The van der Waals surface area contributed by atoms with E-state index in [0.717, 1.165) is 17.8 Å². The van der Waals surface area contributed by atoms with Gasteiger partial charge in [0, 0.05) is 24.4 Å². The molecule has 0 saturated carbocycles. The van der Waals surface area contributed by atoms with Crippen LogP contribution in [0.5, 0.6) is 0 Å². The molecule has 0 aromatic rings. The van der Waals surface area contributed by atoms with Crippen LogP contribution in [-0.4, -0.2) is 61.1 Å². The second kappa shape index (κ2) is 12.8. The zero-order valence-corrected chi connectivity index (χ0v) is 21.5. The molecule has 0 aromatic carbocycles. The average Bonchev–Trinajstić information content (AvgIpc) is 2.53. The maximum absolute atomic E-state index is 2.58. The van der Waals surface area contributed by atoms with Gasteiger partial charge in [0.05, 0.1) is 0 Å². The Labute approximate surface area is 177 Å². The second-order valence-corrected chi connectivity index (χ2v) is 11.9. The lowest BCUT2D eigenvalue weighted by molar-refractivity contribution is 0.117. The monoisotopic (exact) mass is 400 g/mol. The fraction of sp³-hybridized carbons (Fsp3) is 1.00. The Balaban J connectivity index is 4.30. The van der Waals surface area contributed by atoms with E-state index in [4.69, 9.17) is 0 Å². The fourth-order valence-electron chi connectivity index (χ4n) is 4.12. The average molecular weight is 401 g/mol. The molecular weight excluding hydrogens is 348 g/mol. The van der Waals surface area contributed by atoms with Crippen molar-refractivity contribution in [1.82, 2.24) is 9.80 Å². The number of rotatable bonds is 15. The third-order valence-electron chi connectivity index (χ3n) is 6.68. The third-order valence-corrected chi connectivity index (χ3v) is 7.27. The van der Waals surface area contributed by atoms with Gasteiger partial charge < -0.3 is 9.80 Å². The van der Waals surface area contributed by atoms with Crippen molar-refractivity contribution in [1.29, 1.82) is 0 Å². The molecule has 2 unspecified atom stereocenters. The van der Waals surface area contributed by atoms with Crippen molar-refractivity contribution in [3.8, 4) is 0 Å². The Bertz CT molecular complexity index is 379. The SMILES string of the molecule is CSCCN(C)CC(C)(C)C(C)CCC(C)CCN(C)C(C)(C)CC(C)C. The van der Waals surface area contributed by atoms with Gasteiger partial charge in [-0.1, -0.05) is 48.0 Å². The first-order chi connectivity index (χ1) is 12.3. The first kappa shape index (κ1) is 27.3. The molecule has 3 heteroatoms. The number of hydrogen-bond acceptors (Lipinski definition) is 3. The van der Waals surface area contributed by atoms with Gasteiger partial charge in [0.1, 0.15) is 0 Å². The molecule has 2 nitrogen and oxygen atoms in total. The molecule has 0 aliphatic heterocycles. The minimum Gasteiger partial charge on any atom is -0.305 e.